The predicted octanol–water partition coefficient (Wildman–Crippen LogP) is 1.94. The number of urea groups is 1. The average molecular weight is 412 g/mol. The third kappa shape index (κ3) is 4.53. The number of esters is 1. The third-order valence-corrected chi connectivity index (χ3v) is 4.67. The quantitative estimate of drug-likeness (QED) is 0.523. The number of carbonyl (C=O) groups is 4. The molecule has 2 atom stereocenters. The molecule has 1 aliphatic rings. The SMILES string of the molecule is CC[C@@]1(C)NC(=O)N(CC(=O)O[C@H](C)C(=O)Nc2cc(Cl)ccc2OC)C1=O. The van der Waals surface area contributed by atoms with Crippen LogP contribution < -0.4 is 15.4 Å². The van der Waals surface area contributed by atoms with Crippen molar-refractivity contribution in [2.75, 3.05) is 19.0 Å². The minimum atomic E-state index is -1.17. The fourth-order valence-electron chi connectivity index (χ4n) is 2.56. The Morgan fingerprint density at radius 1 is 1.36 bits per heavy atom. The second-order valence-corrected chi connectivity index (χ2v) is 6.91. The van der Waals surface area contributed by atoms with Crippen molar-refractivity contribution in [3.8, 4) is 5.75 Å². The largest absolute Gasteiger partial charge is 0.495 e. The molecule has 1 aliphatic heterocycles. The van der Waals surface area contributed by atoms with E-state index < -0.39 is 42.0 Å². The van der Waals surface area contributed by atoms with Crippen molar-refractivity contribution in [1.82, 2.24) is 10.2 Å². The summed E-state index contributed by atoms with van der Waals surface area (Å²) in [6.45, 7) is 4.11. The minimum absolute atomic E-state index is 0.315. The smallest absolute Gasteiger partial charge is 0.327 e. The number of methoxy groups -OCH3 is 1. The monoisotopic (exact) mass is 411 g/mol. The van der Waals surface area contributed by atoms with Gasteiger partial charge in [0.25, 0.3) is 11.8 Å². The van der Waals surface area contributed by atoms with Gasteiger partial charge in [0.05, 0.1) is 12.8 Å². The van der Waals surface area contributed by atoms with Crippen LogP contribution in [0.2, 0.25) is 5.02 Å². The lowest BCUT2D eigenvalue weighted by Gasteiger charge is -2.19. The zero-order chi connectivity index (χ0) is 21.1. The normalized spacial score (nSPS) is 19.8. The molecule has 0 bridgehead atoms. The lowest BCUT2D eigenvalue weighted by atomic mass is 9.99. The fraction of sp³-hybridized carbons (Fsp3) is 0.444. The molecule has 2 rings (SSSR count). The summed E-state index contributed by atoms with van der Waals surface area (Å²) in [4.78, 5) is 49.4. The molecule has 0 radical (unpaired) electrons. The van der Waals surface area contributed by atoms with E-state index in [0.717, 1.165) is 4.90 Å². The average Bonchev–Trinajstić information content (AvgIpc) is 2.85. The van der Waals surface area contributed by atoms with Crippen LogP contribution in [0.1, 0.15) is 27.2 Å². The zero-order valence-electron chi connectivity index (χ0n) is 16.0. The van der Waals surface area contributed by atoms with E-state index in [1.165, 1.54) is 20.1 Å². The fourth-order valence-corrected chi connectivity index (χ4v) is 2.73. The second kappa shape index (κ2) is 8.47. The van der Waals surface area contributed by atoms with Gasteiger partial charge >= 0.3 is 12.0 Å². The Labute approximate surface area is 167 Å². The Morgan fingerprint density at radius 2 is 2.04 bits per heavy atom. The Bertz CT molecular complexity index is 815. The topological polar surface area (TPSA) is 114 Å². The van der Waals surface area contributed by atoms with E-state index in [9.17, 15) is 19.2 Å². The number of carbonyl (C=O) groups excluding carboxylic acids is 4. The molecule has 10 heteroatoms. The van der Waals surface area contributed by atoms with Crippen LogP contribution >= 0.6 is 11.6 Å². The Morgan fingerprint density at radius 3 is 2.61 bits per heavy atom. The number of anilines is 1. The Kier molecular flexibility index (Phi) is 6.50. The van der Waals surface area contributed by atoms with Crippen molar-refractivity contribution in [1.29, 1.82) is 0 Å². The van der Waals surface area contributed by atoms with Crippen LogP contribution in [0.15, 0.2) is 18.2 Å². The molecular weight excluding hydrogens is 390 g/mol. The van der Waals surface area contributed by atoms with Crippen molar-refractivity contribution in [3.05, 3.63) is 23.2 Å². The van der Waals surface area contributed by atoms with Gasteiger partial charge < -0.3 is 20.1 Å². The van der Waals surface area contributed by atoms with Crippen LogP contribution in [-0.4, -0.2) is 54.0 Å². The van der Waals surface area contributed by atoms with Crippen molar-refractivity contribution in [3.63, 3.8) is 0 Å². The lowest BCUT2D eigenvalue weighted by Crippen LogP contribution is -2.44. The number of halogens is 1. The number of hydrogen-bond donors (Lipinski definition) is 2. The number of hydrogen-bond acceptors (Lipinski definition) is 6. The number of nitrogens with zero attached hydrogens (tertiary/aromatic N) is 1. The number of amides is 4. The van der Waals surface area contributed by atoms with Crippen LogP contribution in [0.5, 0.6) is 5.75 Å². The maximum Gasteiger partial charge on any atom is 0.327 e. The maximum absolute atomic E-state index is 12.3. The number of rotatable bonds is 7. The summed E-state index contributed by atoms with van der Waals surface area (Å²) >= 11 is 5.91. The molecule has 0 unspecified atom stereocenters. The molecule has 1 aromatic carbocycles. The first-order chi connectivity index (χ1) is 13.1. The maximum atomic E-state index is 12.3. The molecule has 1 fully saturated rings. The van der Waals surface area contributed by atoms with E-state index in [1.54, 1.807) is 26.0 Å². The van der Waals surface area contributed by atoms with E-state index in [1.807, 2.05) is 0 Å². The highest BCUT2D eigenvalue weighted by atomic mass is 35.5. The van der Waals surface area contributed by atoms with Crippen LogP contribution in [-0.2, 0) is 19.1 Å². The summed E-state index contributed by atoms with van der Waals surface area (Å²) in [7, 11) is 1.44. The van der Waals surface area contributed by atoms with Crippen LogP contribution in [0, 0.1) is 0 Å². The standard InChI is InChI=1S/C18H22ClN3O6/c1-5-18(3)16(25)22(17(26)21-18)9-14(23)28-10(2)15(24)20-12-8-11(19)6-7-13(12)27-4/h6-8,10H,5,9H2,1-4H3,(H,20,24)(H,21,26)/t10-,18-/m1/s1. The molecule has 0 saturated carbocycles. The molecule has 28 heavy (non-hydrogen) atoms. The predicted molar refractivity (Wildman–Crippen MR) is 101 cm³/mol. The van der Waals surface area contributed by atoms with E-state index in [-0.39, 0.29) is 0 Å². The number of nitrogens with one attached hydrogen (secondary N) is 2. The molecule has 4 amide bonds. The highest BCUT2D eigenvalue weighted by molar-refractivity contribution is 6.31. The zero-order valence-corrected chi connectivity index (χ0v) is 16.8. The Hall–Kier alpha value is -2.81. The summed E-state index contributed by atoms with van der Waals surface area (Å²) < 4.78 is 10.2. The van der Waals surface area contributed by atoms with Gasteiger partial charge in [0.1, 0.15) is 17.8 Å². The first-order valence-electron chi connectivity index (χ1n) is 8.59. The van der Waals surface area contributed by atoms with E-state index >= 15 is 0 Å². The molecule has 0 aliphatic carbocycles. The van der Waals surface area contributed by atoms with Gasteiger partial charge in [-0.2, -0.15) is 0 Å². The van der Waals surface area contributed by atoms with Crippen molar-refractivity contribution in [2.45, 2.75) is 38.8 Å². The molecule has 0 spiro atoms. The van der Waals surface area contributed by atoms with Crippen molar-refractivity contribution >= 4 is 41.1 Å². The van der Waals surface area contributed by atoms with Gasteiger partial charge in [0, 0.05) is 5.02 Å². The van der Waals surface area contributed by atoms with E-state index in [4.69, 9.17) is 21.1 Å². The van der Waals surface area contributed by atoms with Gasteiger partial charge in [-0.1, -0.05) is 18.5 Å². The molecule has 1 saturated heterocycles. The van der Waals surface area contributed by atoms with Gasteiger partial charge in [0.15, 0.2) is 6.10 Å². The summed E-state index contributed by atoms with van der Waals surface area (Å²) in [6, 6.07) is 4.00. The molecule has 2 N–H and O–H groups in total. The number of imide groups is 1. The second-order valence-electron chi connectivity index (χ2n) is 6.47. The lowest BCUT2D eigenvalue weighted by molar-refractivity contribution is -0.155. The van der Waals surface area contributed by atoms with Crippen LogP contribution in [0.25, 0.3) is 0 Å². The van der Waals surface area contributed by atoms with Gasteiger partial charge in [-0.25, -0.2) is 4.79 Å². The summed E-state index contributed by atoms with van der Waals surface area (Å²) in [5, 5.41) is 5.48. The molecule has 0 aromatic heterocycles. The first-order valence-corrected chi connectivity index (χ1v) is 8.97. The summed E-state index contributed by atoms with van der Waals surface area (Å²) in [5.74, 6) is -1.64. The van der Waals surface area contributed by atoms with E-state index in [2.05, 4.69) is 10.6 Å². The van der Waals surface area contributed by atoms with E-state index in [0.29, 0.717) is 22.9 Å². The molecule has 9 nitrogen and oxygen atoms in total. The van der Waals surface area contributed by atoms with Gasteiger partial charge in [-0.05, 0) is 38.5 Å². The van der Waals surface area contributed by atoms with Gasteiger partial charge in [0.2, 0.25) is 0 Å². The Balaban J connectivity index is 1.97. The minimum Gasteiger partial charge on any atom is -0.495 e. The number of benzene rings is 1. The summed E-state index contributed by atoms with van der Waals surface area (Å²) in [6.07, 6.45) is -0.793. The van der Waals surface area contributed by atoms with Gasteiger partial charge in [-0.3, -0.25) is 19.3 Å². The highest BCUT2D eigenvalue weighted by Gasteiger charge is 2.47. The van der Waals surface area contributed by atoms with Crippen molar-refractivity contribution < 1.29 is 28.7 Å². The molecule has 152 valence electrons. The molecule has 1 aromatic rings. The first kappa shape index (κ1) is 21.5. The molecule has 1 heterocycles. The third-order valence-electron chi connectivity index (χ3n) is 4.44. The van der Waals surface area contributed by atoms with Crippen LogP contribution in [0.3, 0.4) is 0 Å². The summed E-state index contributed by atoms with van der Waals surface area (Å²) in [5.41, 5.74) is -0.737. The number of ether oxygens (including phenoxy) is 2. The highest BCUT2D eigenvalue weighted by Crippen LogP contribution is 2.28. The van der Waals surface area contributed by atoms with Gasteiger partial charge in [-0.15, -0.1) is 0 Å². The van der Waals surface area contributed by atoms with Crippen LogP contribution in [0.4, 0.5) is 10.5 Å². The molecular formula is C18H22ClN3O6. The van der Waals surface area contributed by atoms with Crippen molar-refractivity contribution in [2.24, 2.45) is 0 Å².